The highest BCUT2D eigenvalue weighted by molar-refractivity contribution is 7.93. The summed E-state index contributed by atoms with van der Waals surface area (Å²) < 4.78 is 46.7. The number of rotatable bonds is 4. The van der Waals surface area contributed by atoms with Crippen molar-refractivity contribution in [3.63, 3.8) is 0 Å². The van der Waals surface area contributed by atoms with Crippen molar-refractivity contribution in [3.8, 4) is 0 Å². The maximum Gasteiger partial charge on any atom is 0.264 e. The van der Waals surface area contributed by atoms with Gasteiger partial charge in [0.25, 0.3) is 5.91 Å². The molecule has 0 radical (unpaired) electrons. The van der Waals surface area contributed by atoms with Crippen molar-refractivity contribution in [1.82, 2.24) is 4.90 Å². The molecule has 0 fully saturated rings. The summed E-state index contributed by atoms with van der Waals surface area (Å²) in [4.78, 5) is 12.9. The summed E-state index contributed by atoms with van der Waals surface area (Å²) in [7, 11) is -4.24. The minimum absolute atomic E-state index is 0.0627. The summed E-state index contributed by atoms with van der Waals surface area (Å²) in [5.74, 6) is -0.715. The van der Waals surface area contributed by atoms with E-state index in [-0.39, 0.29) is 19.7 Å². The number of thiophene rings is 1. The van der Waals surface area contributed by atoms with Crippen molar-refractivity contribution >= 4 is 36.9 Å². The van der Waals surface area contributed by atoms with Gasteiger partial charge in [0.15, 0.2) is 19.7 Å². The van der Waals surface area contributed by atoms with Crippen LogP contribution in [-0.2, 0) is 19.7 Å². The fourth-order valence-corrected chi connectivity index (χ4v) is 4.90. The fraction of sp³-hybridized carbons (Fsp3) is 0.500. The molecule has 19 heavy (non-hydrogen) atoms. The van der Waals surface area contributed by atoms with Crippen molar-refractivity contribution in [2.24, 2.45) is 0 Å². The van der Waals surface area contributed by atoms with Crippen molar-refractivity contribution < 1.29 is 21.6 Å². The Labute approximate surface area is 116 Å². The van der Waals surface area contributed by atoms with E-state index in [2.05, 4.69) is 0 Å². The largest absolute Gasteiger partial charge is 0.344 e. The first-order valence-electron chi connectivity index (χ1n) is 5.29. The summed E-state index contributed by atoms with van der Waals surface area (Å²) in [6.45, 7) is 1.44. The van der Waals surface area contributed by atoms with Gasteiger partial charge in [0, 0.05) is 20.4 Å². The van der Waals surface area contributed by atoms with Crippen LogP contribution >= 0.6 is 11.3 Å². The maximum atomic E-state index is 11.9. The third-order valence-electron chi connectivity index (χ3n) is 2.36. The zero-order valence-electron chi connectivity index (χ0n) is 11.0. The number of sulfone groups is 2. The molecule has 1 rings (SSSR count). The van der Waals surface area contributed by atoms with Gasteiger partial charge in [-0.15, -0.1) is 11.3 Å². The van der Waals surface area contributed by atoms with Crippen LogP contribution in [0, 0.1) is 0 Å². The summed E-state index contributed by atoms with van der Waals surface area (Å²) in [5.41, 5.74) is 0. The van der Waals surface area contributed by atoms with Crippen molar-refractivity contribution in [1.29, 1.82) is 0 Å². The van der Waals surface area contributed by atoms with Gasteiger partial charge in [0.1, 0.15) is 9.09 Å². The zero-order chi connectivity index (χ0) is 15.0. The second-order valence-corrected chi connectivity index (χ2v) is 9.68. The Morgan fingerprint density at radius 1 is 1.26 bits per heavy atom. The molecule has 1 aromatic heterocycles. The normalized spacial score (nSPS) is 12.4. The van der Waals surface area contributed by atoms with Gasteiger partial charge in [-0.1, -0.05) is 6.92 Å². The first kappa shape index (κ1) is 16.1. The number of carbonyl (C=O) groups excluding carboxylic acids is 1. The van der Waals surface area contributed by atoms with Gasteiger partial charge in [-0.05, 0) is 6.07 Å². The van der Waals surface area contributed by atoms with E-state index < -0.39 is 25.6 Å². The molecule has 0 unspecified atom stereocenters. The highest BCUT2D eigenvalue weighted by Crippen LogP contribution is 2.31. The lowest BCUT2D eigenvalue weighted by Crippen LogP contribution is -2.22. The second-order valence-electron chi connectivity index (χ2n) is 4.13. The molecule has 108 valence electrons. The molecule has 0 N–H and O–H groups in total. The average molecular weight is 325 g/mol. The first-order valence-corrected chi connectivity index (χ1v) is 9.65. The second kappa shape index (κ2) is 5.22. The van der Waals surface area contributed by atoms with Crippen LogP contribution in [0.3, 0.4) is 0 Å². The Balaban J connectivity index is 3.62. The molecule has 0 aliphatic rings. The highest BCUT2D eigenvalue weighted by atomic mass is 32.2. The van der Waals surface area contributed by atoms with Crippen molar-refractivity contribution in [2.75, 3.05) is 26.1 Å². The Hall–Kier alpha value is -0.930. The Kier molecular flexibility index (Phi) is 4.43. The molecular weight excluding hydrogens is 310 g/mol. The van der Waals surface area contributed by atoms with E-state index in [1.54, 1.807) is 0 Å². The maximum absolute atomic E-state index is 11.9. The van der Waals surface area contributed by atoms with E-state index in [9.17, 15) is 21.6 Å². The summed E-state index contributed by atoms with van der Waals surface area (Å²) in [5, 5.41) is 0. The molecule has 1 aromatic rings. The molecule has 1 amide bonds. The van der Waals surface area contributed by atoms with Gasteiger partial charge in [0.2, 0.25) is 0 Å². The topological polar surface area (TPSA) is 88.6 Å². The summed E-state index contributed by atoms with van der Waals surface area (Å²) >= 11 is 0.687. The fourth-order valence-electron chi connectivity index (χ4n) is 1.27. The summed E-state index contributed by atoms with van der Waals surface area (Å²) in [6, 6.07) is 1.07. The van der Waals surface area contributed by atoms with Crippen LogP contribution in [0.1, 0.15) is 16.6 Å². The number of nitrogens with zero attached hydrogens (tertiary/aromatic N) is 1. The van der Waals surface area contributed by atoms with Gasteiger partial charge in [-0.2, -0.15) is 0 Å². The van der Waals surface area contributed by atoms with E-state index in [1.807, 2.05) is 0 Å². The van der Waals surface area contributed by atoms with Crippen LogP contribution in [0.15, 0.2) is 15.2 Å². The third kappa shape index (κ3) is 3.34. The smallest absolute Gasteiger partial charge is 0.264 e. The number of carbonyl (C=O) groups is 1. The van der Waals surface area contributed by atoms with Crippen LogP contribution in [0.2, 0.25) is 0 Å². The van der Waals surface area contributed by atoms with Gasteiger partial charge in [-0.3, -0.25) is 4.79 Å². The Morgan fingerprint density at radius 2 is 1.79 bits per heavy atom. The van der Waals surface area contributed by atoms with Gasteiger partial charge >= 0.3 is 0 Å². The monoisotopic (exact) mass is 325 g/mol. The predicted molar refractivity (Wildman–Crippen MR) is 73.2 cm³/mol. The standard InChI is InChI=1S/C10H15NO5S3/c1-5-19(15,16)7-6-8(18(4,13)14)17-9(7)10(12)11(2)3/h6H,5H2,1-4H3. The van der Waals surface area contributed by atoms with Crippen LogP contribution < -0.4 is 0 Å². The van der Waals surface area contributed by atoms with E-state index in [4.69, 9.17) is 0 Å². The van der Waals surface area contributed by atoms with Gasteiger partial charge in [0.05, 0.1) is 10.6 Å². The molecule has 0 atom stereocenters. The van der Waals surface area contributed by atoms with Crippen molar-refractivity contribution in [3.05, 3.63) is 10.9 Å². The van der Waals surface area contributed by atoms with E-state index in [1.165, 1.54) is 25.9 Å². The third-order valence-corrected chi connectivity index (χ3v) is 7.16. The number of amides is 1. The molecule has 0 saturated heterocycles. The molecule has 6 nitrogen and oxygen atoms in total. The Bertz CT molecular complexity index is 698. The van der Waals surface area contributed by atoms with Crippen LogP contribution in [-0.4, -0.2) is 53.7 Å². The van der Waals surface area contributed by atoms with E-state index >= 15 is 0 Å². The first-order chi connectivity index (χ1) is 8.50. The van der Waals surface area contributed by atoms with Gasteiger partial charge in [-0.25, -0.2) is 16.8 Å². The molecule has 0 aromatic carbocycles. The highest BCUT2D eigenvalue weighted by Gasteiger charge is 2.28. The SMILES string of the molecule is CCS(=O)(=O)c1cc(S(C)(=O)=O)sc1C(=O)N(C)C. The predicted octanol–water partition coefficient (Wildman–Crippen LogP) is 0.647. The lowest BCUT2D eigenvalue weighted by atomic mass is 10.4. The molecule has 0 bridgehead atoms. The quantitative estimate of drug-likeness (QED) is 0.811. The van der Waals surface area contributed by atoms with Crippen LogP contribution in [0.25, 0.3) is 0 Å². The van der Waals surface area contributed by atoms with Crippen molar-refractivity contribution in [2.45, 2.75) is 16.0 Å². The molecule has 0 spiro atoms. The van der Waals surface area contributed by atoms with Crippen LogP contribution in [0.5, 0.6) is 0 Å². The van der Waals surface area contributed by atoms with E-state index in [0.29, 0.717) is 11.3 Å². The van der Waals surface area contributed by atoms with Gasteiger partial charge < -0.3 is 4.90 Å². The van der Waals surface area contributed by atoms with E-state index in [0.717, 1.165) is 12.3 Å². The molecule has 0 saturated carbocycles. The number of hydrogen-bond acceptors (Lipinski definition) is 6. The number of hydrogen-bond donors (Lipinski definition) is 0. The molecule has 1 heterocycles. The summed E-state index contributed by atoms with van der Waals surface area (Å²) in [6.07, 6.45) is 0.977. The molecular formula is C10H15NO5S3. The zero-order valence-corrected chi connectivity index (χ0v) is 13.4. The molecule has 9 heteroatoms. The minimum atomic E-state index is -3.65. The lowest BCUT2D eigenvalue weighted by Gasteiger charge is -2.09. The lowest BCUT2D eigenvalue weighted by molar-refractivity contribution is 0.0829. The van der Waals surface area contributed by atoms with Crippen LogP contribution in [0.4, 0.5) is 0 Å². The molecule has 0 aliphatic carbocycles. The Morgan fingerprint density at radius 3 is 2.16 bits per heavy atom. The molecule has 0 aliphatic heterocycles. The minimum Gasteiger partial charge on any atom is -0.344 e. The average Bonchev–Trinajstić information content (AvgIpc) is 2.72.